The van der Waals surface area contributed by atoms with Crippen LogP contribution in [0.5, 0.6) is 0 Å². The Balaban J connectivity index is 1.74. The quantitative estimate of drug-likeness (QED) is 0.410. The largest absolute Gasteiger partial charge is 0.477 e. The smallest absolute Gasteiger partial charge is 0.348 e. The van der Waals surface area contributed by atoms with Crippen molar-refractivity contribution in [3.8, 4) is 10.4 Å². The Morgan fingerprint density at radius 3 is 2.33 bits per heavy atom. The Morgan fingerprint density at radius 1 is 1.06 bits per heavy atom. The zero-order valence-electron chi connectivity index (χ0n) is 17.6. The fraction of sp³-hybridized carbons (Fsp3) is 0.174. The number of hydrogen-bond donors (Lipinski definition) is 1. The molecule has 1 aromatic heterocycles. The second-order valence-electron chi connectivity index (χ2n) is 7.54. The lowest BCUT2D eigenvalue weighted by atomic mass is 10.1. The van der Waals surface area contributed by atoms with Crippen LogP contribution in [0.2, 0.25) is 10.0 Å². The molecule has 1 N–H and O–H groups in total. The van der Waals surface area contributed by atoms with Crippen LogP contribution in [0.25, 0.3) is 10.4 Å². The van der Waals surface area contributed by atoms with Gasteiger partial charge in [0.15, 0.2) is 0 Å². The lowest BCUT2D eigenvalue weighted by molar-refractivity contribution is 0.0703. The number of benzene rings is 2. The van der Waals surface area contributed by atoms with Crippen LogP contribution in [-0.2, 0) is 0 Å². The van der Waals surface area contributed by atoms with Gasteiger partial charge < -0.3 is 10.0 Å². The highest BCUT2D eigenvalue weighted by Crippen LogP contribution is 2.39. The first-order valence-corrected chi connectivity index (χ1v) is 11.5. The van der Waals surface area contributed by atoms with Crippen LogP contribution in [0, 0.1) is 0 Å². The lowest BCUT2D eigenvalue weighted by Gasteiger charge is -2.27. The SMILES string of the molecule is CC(C)N(C(=O)c1ccc(Cl)cc1Cl)c1cc(-c2ccc(C3=NN=NC3)cc2)sc1C(=O)O. The zero-order chi connectivity index (χ0) is 23.7. The molecule has 1 aliphatic rings. The monoisotopic (exact) mass is 500 g/mol. The number of carbonyl (C=O) groups excluding carboxylic acids is 1. The Kier molecular flexibility index (Phi) is 6.60. The predicted octanol–water partition coefficient (Wildman–Crippen LogP) is 6.65. The van der Waals surface area contributed by atoms with Gasteiger partial charge in [0.25, 0.3) is 5.91 Å². The molecule has 1 amide bonds. The first-order chi connectivity index (χ1) is 15.8. The van der Waals surface area contributed by atoms with Crippen molar-refractivity contribution in [2.45, 2.75) is 19.9 Å². The van der Waals surface area contributed by atoms with E-state index in [4.69, 9.17) is 23.2 Å². The standard InChI is InChI=1S/C23H18Cl2N4O3S/c1-12(2)29(22(30)16-8-7-15(24)9-17(16)25)19-10-20(33-21(19)23(31)32)14-5-3-13(4-6-14)18-11-26-28-27-18/h3-10,12H,11H2,1-2H3,(H,31,32). The van der Waals surface area contributed by atoms with Crippen LogP contribution in [0.1, 0.15) is 39.4 Å². The van der Waals surface area contributed by atoms with Gasteiger partial charge in [0, 0.05) is 15.9 Å². The highest BCUT2D eigenvalue weighted by atomic mass is 35.5. The van der Waals surface area contributed by atoms with Crippen molar-refractivity contribution in [2.24, 2.45) is 15.4 Å². The molecule has 4 rings (SSSR count). The summed E-state index contributed by atoms with van der Waals surface area (Å²) in [7, 11) is 0. The van der Waals surface area contributed by atoms with Crippen molar-refractivity contribution >= 4 is 57.8 Å². The number of aromatic carboxylic acids is 1. The summed E-state index contributed by atoms with van der Waals surface area (Å²) in [5, 5.41) is 22.0. The number of hydrogen-bond acceptors (Lipinski definition) is 6. The van der Waals surface area contributed by atoms with E-state index in [1.54, 1.807) is 18.2 Å². The predicted molar refractivity (Wildman–Crippen MR) is 131 cm³/mol. The molecule has 0 bridgehead atoms. The molecule has 2 aromatic carbocycles. The second-order valence-corrected chi connectivity index (χ2v) is 9.43. The van der Waals surface area contributed by atoms with Gasteiger partial charge in [0.05, 0.1) is 22.0 Å². The molecule has 0 spiro atoms. The molecule has 0 atom stereocenters. The van der Waals surface area contributed by atoms with E-state index in [2.05, 4.69) is 15.4 Å². The molecule has 0 saturated carbocycles. The molecule has 0 radical (unpaired) electrons. The molecule has 2 heterocycles. The molecular formula is C23H18Cl2N4O3S. The maximum Gasteiger partial charge on any atom is 0.348 e. The van der Waals surface area contributed by atoms with E-state index in [9.17, 15) is 14.7 Å². The third-order valence-corrected chi connectivity index (χ3v) is 6.72. The van der Waals surface area contributed by atoms with Crippen LogP contribution in [0.3, 0.4) is 0 Å². The molecule has 3 aromatic rings. The minimum atomic E-state index is -1.11. The minimum Gasteiger partial charge on any atom is -0.477 e. The molecule has 0 fully saturated rings. The van der Waals surface area contributed by atoms with Crippen LogP contribution >= 0.6 is 34.5 Å². The minimum absolute atomic E-state index is 0.0685. The van der Waals surface area contributed by atoms with Crippen molar-refractivity contribution < 1.29 is 14.7 Å². The number of amides is 1. The first-order valence-electron chi connectivity index (χ1n) is 9.96. The van der Waals surface area contributed by atoms with Gasteiger partial charge >= 0.3 is 5.97 Å². The van der Waals surface area contributed by atoms with E-state index < -0.39 is 11.9 Å². The van der Waals surface area contributed by atoms with Gasteiger partial charge in [-0.2, -0.15) is 5.11 Å². The highest BCUT2D eigenvalue weighted by molar-refractivity contribution is 7.18. The summed E-state index contributed by atoms with van der Waals surface area (Å²) in [5.41, 5.74) is 3.06. The molecule has 7 nitrogen and oxygen atoms in total. The van der Waals surface area contributed by atoms with E-state index in [0.717, 1.165) is 33.1 Å². The van der Waals surface area contributed by atoms with E-state index in [-0.39, 0.29) is 21.5 Å². The van der Waals surface area contributed by atoms with Gasteiger partial charge in [-0.3, -0.25) is 4.79 Å². The van der Waals surface area contributed by atoms with Crippen LogP contribution < -0.4 is 4.90 Å². The van der Waals surface area contributed by atoms with E-state index in [1.807, 2.05) is 38.1 Å². The molecule has 168 valence electrons. The van der Waals surface area contributed by atoms with Gasteiger partial charge in [-0.05, 0) is 54.5 Å². The third-order valence-electron chi connectivity index (χ3n) is 5.01. The average molecular weight is 501 g/mol. The summed E-state index contributed by atoms with van der Waals surface area (Å²) in [4.78, 5) is 27.7. The lowest BCUT2D eigenvalue weighted by Crippen LogP contribution is -2.37. The molecular weight excluding hydrogens is 483 g/mol. The normalized spacial score (nSPS) is 12.8. The number of carbonyl (C=O) groups is 2. The van der Waals surface area contributed by atoms with E-state index in [0.29, 0.717) is 17.3 Å². The fourth-order valence-electron chi connectivity index (χ4n) is 3.46. The Hall–Kier alpha value is -3.07. The van der Waals surface area contributed by atoms with Crippen molar-refractivity contribution in [1.29, 1.82) is 0 Å². The van der Waals surface area contributed by atoms with E-state index >= 15 is 0 Å². The number of carboxylic acid groups (broad SMARTS) is 1. The van der Waals surface area contributed by atoms with Crippen LogP contribution in [-0.4, -0.2) is 35.3 Å². The molecule has 10 heteroatoms. The molecule has 0 unspecified atom stereocenters. The van der Waals surface area contributed by atoms with Gasteiger partial charge in [-0.15, -0.1) is 16.4 Å². The summed E-state index contributed by atoms with van der Waals surface area (Å²) >= 11 is 13.3. The number of carboxylic acids is 1. The number of nitrogens with zero attached hydrogens (tertiary/aromatic N) is 4. The Labute approximate surface area is 204 Å². The number of thiophene rings is 1. The van der Waals surface area contributed by atoms with Crippen LogP contribution in [0.4, 0.5) is 5.69 Å². The van der Waals surface area contributed by atoms with Crippen molar-refractivity contribution in [3.63, 3.8) is 0 Å². The Morgan fingerprint density at radius 2 is 1.76 bits per heavy atom. The fourth-order valence-corrected chi connectivity index (χ4v) is 4.95. The van der Waals surface area contributed by atoms with Crippen LogP contribution in [0.15, 0.2) is 64.0 Å². The molecule has 0 aliphatic carbocycles. The summed E-state index contributed by atoms with van der Waals surface area (Å²) in [6.45, 7) is 4.07. The van der Waals surface area contributed by atoms with Crippen molar-refractivity contribution in [1.82, 2.24) is 0 Å². The van der Waals surface area contributed by atoms with E-state index in [1.165, 1.54) is 11.0 Å². The number of halogens is 2. The highest BCUT2D eigenvalue weighted by Gasteiger charge is 2.29. The maximum absolute atomic E-state index is 13.4. The van der Waals surface area contributed by atoms with Gasteiger partial charge in [0.1, 0.15) is 11.4 Å². The average Bonchev–Trinajstić information content (AvgIpc) is 3.44. The van der Waals surface area contributed by atoms with Crippen molar-refractivity contribution in [3.05, 3.63) is 74.6 Å². The van der Waals surface area contributed by atoms with Gasteiger partial charge in [-0.1, -0.05) is 47.5 Å². The number of anilines is 1. The second kappa shape index (κ2) is 9.43. The molecule has 33 heavy (non-hydrogen) atoms. The first kappa shape index (κ1) is 23.1. The Bertz CT molecular complexity index is 1300. The maximum atomic E-state index is 13.4. The zero-order valence-corrected chi connectivity index (χ0v) is 19.9. The van der Waals surface area contributed by atoms with Crippen molar-refractivity contribution in [2.75, 3.05) is 11.4 Å². The summed E-state index contributed by atoms with van der Waals surface area (Å²) in [5.74, 6) is -1.51. The van der Waals surface area contributed by atoms with Gasteiger partial charge in [-0.25, -0.2) is 4.79 Å². The summed E-state index contributed by atoms with van der Waals surface area (Å²) < 4.78 is 0. The molecule has 0 saturated heterocycles. The summed E-state index contributed by atoms with van der Waals surface area (Å²) in [6.07, 6.45) is 0. The number of rotatable bonds is 6. The summed E-state index contributed by atoms with van der Waals surface area (Å²) in [6, 6.07) is 13.6. The molecule has 1 aliphatic heterocycles. The van der Waals surface area contributed by atoms with Gasteiger partial charge in [0.2, 0.25) is 0 Å². The third kappa shape index (κ3) is 4.68. The topological polar surface area (TPSA) is 94.7 Å².